The topological polar surface area (TPSA) is 64.4 Å². The molecule has 27 heavy (non-hydrogen) atoms. The zero-order chi connectivity index (χ0) is 18.8. The van der Waals surface area contributed by atoms with E-state index in [4.69, 9.17) is 0 Å². The second-order valence-electron chi connectivity index (χ2n) is 7.09. The highest BCUT2D eigenvalue weighted by Gasteiger charge is 2.35. The number of nitriles is 1. The van der Waals surface area contributed by atoms with Gasteiger partial charge in [-0.3, -0.25) is 9.59 Å². The van der Waals surface area contributed by atoms with Crippen LogP contribution in [0.2, 0.25) is 0 Å². The fourth-order valence-corrected chi connectivity index (χ4v) is 3.61. The number of hydrogen-bond donors (Lipinski definition) is 0. The Balaban J connectivity index is 1.55. The van der Waals surface area contributed by atoms with Gasteiger partial charge in [0.15, 0.2) is 0 Å². The standard InChI is InChI=1S/C22H21N3O2/c23-15-17-5-1-2-6-18(17)19-7-3-4-8-20(19)22(27)25-13-11-24(12-14-25)21(26)16-9-10-16/h1-8,16H,9-14H2. The second-order valence-corrected chi connectivity index (χ2v) is 7.09. The molecule has 2 aromatic carbocycles. The molecule has 0 spiro atoms. The van der Waals surface area contributed by atoms with Crippen LogP contribution in [0.5, 0.6) is 0 Å². The molecule has 5 heteroatoms. The quantitative estimate of drug-likeness (QED) is 0.846. The summed E-state index contributed by atoms with van der Waals surface area (Å²) in [5.74, 6) is 0.415. The highest BCUT2D eigenvalue weighted by atomic mass is 16.2. The maximum Gasteiger partial charge on any atom is 0.254 e. The number of rotatable bonds is 3. The highest BCUT2D eigenvalue weighted by Crippen LogP contribution is 2.32. The van der Waals surface area contributed by atoms with E-state index in [9.17, 15) is 14.9 Å². The third-order valence-electron chi connectivity index (χ3n) is 5.30. The van der Waals surface area contributed by atoms with Crippen LogP contribution in [0, 0.1) is 17.2 Å². The Morgan fingerprint density at radius 3 is 2.11 bits per heavy atom. The minimum atomic E-state index is -0.0446. The van der Waals surface area contributed by atoms with E-state index >= 15 is 0 Å². The largest absolute Gasteiger partial charge is 0.339 e. The fraction of sp³-hybridized carbons (Fsp3) is 0.318. The molecule has 2 aliphatic rings. The van der Waals surface area contributed by atoms with E-state index in [1.165, 1.54) is 0 Å². The normalized spacial score (nSPS) is 16.7. The van der Waals surface area contributed by atoms with Gasteiger partial charge in [0.1, 0.15) is 0 Å². The van der Waals surface area contributed by atoms with Gasteiger partial charge < -0.3 is 9.80 Å². The summed E-state index contributed by atoms with van der Waals surface area (Å²) in [5.41, 5.74) is 2.70. The molecule has 2 fully saturated rings. The lowest BCUT2D eigenvalue weighted by atomic mass is 9.95. The third kappa shape index (κ3) is 3.43. The molecule has 0 N–H and O–H groups in total. The van der Waals surface area contributed by atoms with Crippen molar-refractivity contribution in [2.45, 2.75) is 12.8 Å². The molecular weight excluding hydrogens is 338 g/mol. The summed E-state index contributed by atoms with van der Waals surface area (Å²) >= 11 is 0. The van der Waals surface area contributed by atoms with Crippen molar-refractivity contribution in [2.75, 3.05) is 26.2 Å². The molecule has 136 valence electrons. The van der Waals surface area contributed by atoms with Crippen LogP contribution in [0.4, 0.5) is 0 Å². The van der Waals surface area contributed by atoms with Crippen molar-refractivity contribution in [3.8, 4) is 17.2 Å². The molecule has 0 bridgehead atoms. The molecule has 5 nitrogen and oxygen atoms in total. The van der Waals surface area contributed by atoms with Crippen LogP contribution in [-0.2, 0) is 4.79 Å². The van der Waals surface area contributed by atoms with Crippen LogP contribution < -0.4 is 0 Å². The van der Waals surface area contributed by atoms with Crippen molar-refractivity contribution in [3.05, 3.63) is 59.7 Å². The van der Waals surface area contributed by atoms with Gasteiger partial charge in [-0.1, -0.05) is 36.4 Å². The number of nitrogens with zero attached hydrogens (tertiary/aromatic N) is 3. The maximum absolute atomic E-state index is 13.2. The fourth-order valence-electron chi connectivity index (χ4n) is 3.61. The molecule has 1 saturated carbocycles. The third-order valence-corrected chi connectivity index (χ3v) is 5.30. The Hall–Kier alpha value is -3.13. The summed E-state index contributed by atoms with van der Waals surface area (Å²) in [6.45, 7) is 2.28. The molecule has 1 aliphatic carbocycles. The first-order valence-electron chi connectivity index (χ1n) is 9.35. The van der Waals surface area contributed by atoms with Gasteiger partial charge in [-0.25, -0.2) is 0 Å². The monoisotopic (exact) mass is 359 g/mol. The van der Waals surface area contributed by atoms with Crippen molar-refractivity contribution in [3.63, 3.8) is 0 Å². The number of carbonyl (C=O) groups excluding carboxylic acids is 2. The van der Waals surface area contributed by atoms with Gasteiger partial charge in [-0.15, -0.1) is 0 Å². The SMILES string of the molecule is N#Cc1ccccc1-c1ccccc1C(=O)N1CCN(C(=O)C2CC2)CC1. The smallest absolute Gasteiger partial charge is 0.254 e. The van der Waals surface area contributed by atoms with Crippen LogP contribution in [-0.4, -0.2) is 47.8 Å². The van der Waals surface area contributed by atoms with Crippen LogP contribution in [0.1, 0.15) is 28.8 Å². The molecule has 1 aliphatic heterocycles. The summed E-state index contributed by atoms with van der Waals surface area (Å²) in [6, 6.07) is 17.0. The molecule has 0 aromatic heterocycles. The van der Waals surface area contributed by atoms with E-state index in [-0.39, 0.29) is 17.7 Å². The molecule has 0 atom stereocenters. The number of benzene rings is 2. The van der Waals surface area contributed by atoms with Crippen molar-refractivity contribution < 1.29 is 9.59 Å². The molecule has 1 saturated heterocycles. The van der Waals surface area contributed by atoms with E-state index in [1.807, 2.05) is 52.3 Å². The van der Waals surface area contributed by atoms with Gasteiger partial charge in [-0.2, -0.15) is 5.26 Å². The van der Waals surface area contributed by atoms with Crippen LogP contribution >= 0.6 is 0 Å². The molecular formula is C22H21N3O2. The van der Waals surface area contributed by atoms with Gasteiger partial charge >= 0.3 is 0 Å². The van der Waals surface area contributed by atoms with E-state index in [0.717, 1.165) is 24.0 Å². The van der Waals surface area contributed by atoms with Crippen molar-refractivity contribution in [2.24, 2.45) is 5.92 Å². The van der Waals surface area contributed by atoms with Crippen molar-refractivity contribution in [1.29, 1.82) is 5.26 Å². The van der Waals surface area contributed by atoms with Crippen LogP contribution in [0.15, 0.2) is 48.5 Å². The van der Waals surface area contributed by atoms with E-state index in [1.54, 1.807) is 6.07 Å². The minimum Gasteiger partial charge on any atom is -0.339 e. The number of piperazine rings is 1. The summed E-state index contributed by atoms with van der Waals surface area (Å²) in [7, 11) is 0. The van der Waals surface area contributed by atoms with Gasteiger partial charge in [-0.05, 0) is 30.5 Å². The van der Waals surface area contributed by atoms with Crippen LogP contribution in [0.25, 0.3) is 11.1 Å². The lowest BCUT2D eigenvalue weighted by Crippen LogP contribution is -2.51. The molecule has 2 amide bonds. The van der Waals surface area contributed by atoms with Gasteiger partial charge in [0.25, 0.3) is 5.91 Å². The summed E-state index contributed by atoms with van der Waals surface area (Å²) in [4.78, 5) is 29.1. The van der Waals surface area contributed by atoms with Crippen molar-refractivity contribution in [1.82, 2.24) is 9.80 Å². The minimum absolute atomic E-state index is 0.0446. The highest BCUT2D eigenvalue weighted by molar-refractivity contribution is 6.01. The van der Waals surface area contributed by atoms with E-state index < -0.39 is 0 Å². The summed E-state index contributed by atoms with van der Waals surface area (Å²) in [6.07, 6.45) is 2.01. The zero-order valence-electron chi connectivity index (χ0n) is 15.1. The number of hydrogen-bond acceptors (Lipinski definition) is 3. The Bertz CT molecular complexity index is 919. The Kier molecular flexibility index (Phi) is 4.64. The van der Waals surface area contributed by atoms with Crippen molar-refractivity contribution >= 4 is 11.8 Å². The molecule has 1 heterocycles. The summed E-state index contributed by atoms with van der Waals surface area (Å²) < 4.78 is 0. The zero-order valence-corrected chi connectivity index (χ0v) is 15.1. The lowest BCUT2D eigenvalue weighted by molar-refractivity contribution is -0.134. The Morgan fingerprint density at radius 2 is 1.44 bits per heavy atom. The predicted octanol–water partition coefficient (Wildman–Crippen LogP) is 2.92. The van der Waals surface area contributed by atoms with Gasteiger partial charge in [0, 0.05) is 43.2 Å². The Morgan fingerprint density at radius 1 is 0.852 bits per heavy atom. The molecule has 0 radical (unpaired) electrons. The van der Waals surface area contributed by atoms with E-state index in [2.05, 4.69) is 6.07 Å². The molecule has 2 aromatic rings. The Labute approximate surface area is 158 Å². The average Bonchev–Trinajstić information content (AvgIpc) is 3.58. The van der Waals surface area contributed by atoms with E-state index in [0.29, 0.717) is 37.3 Å². The van der Waals surface area contributed by atoms with Gasteiger partial charge in [0.05, 0.1) is 11.6 Å². The number of carbonyl (C=O) groups is 2. The maximum atomic E-state index is 13.2. The molecule has 0 unspecified atom stereocenters. The number of amides is 2. The second kappa shape index (κ2) is 7.24. The first-order valence-corrected chi connectivity index (χ1v) is 9.35. The average molecular weight is 359 g/mol. The van der Waals surface area contributed by atoms with Gasteiger partial charge in [0.2, 0.25) is 5.91 Å². The lowest BCUT2D eigenvalue weighted by Gasteiger charge is -2.35. The molecule has 4 rings (SSSR count). The first-order chi connectivity index (χ1) is 13.2. The van der Waals surface area contributed by atoms with Crippen LogP contribution in [0.3, 0.4) is 0 Å². The first kappa shape index (κ1) is 17.3. The summed E-state index contributed by atoms with van der Waals surface area (Å²) in [5, 5.41) is 9.41. The predicted molar refractivity (Wildman–Crippen MR) is 102 cm³/mol.